The molecule has 0 bridgehead atoms. The van der Waals surface area contributed by atoms with Gasteiger partial charge in [-0.05, 0) is 27.7 Å². The number of carbonyl (C=O) groups is 3. The van der Waals surface area contributed by atoms with Gasteiger partial charge in [-0.1, -0.05) is 20.8 Å². The molecule has 0 aromatic heterocycles. The molecule has 0 aliphatic heterocycles. The molecule has 6 heteroatoms. The quantitative estimate of drug-likeness (QED) is 0.530. The Bertz CT molecular complexity index is 394. The monoisotopic (exact) mass is 316 g/mol. The molecule has 0 aliphatic carbocycles. The summed E-state index contributed by atoms with van der Waals surface area (Å²) >= 11 is 0. The summed E-state index contributed by atoms with van der Waals surface area (Å²) in [6.07, 6.45) is -0.606. The lowest BCUT2D eigenvalue weighted by Crippen LogP contribution is -2.29. The van der Waals surface area contributed by atoms with Crippen LogP contribution in [0.3, 0.4) is 0 Å². The molecule has 22 heavy (non-hydrogen) atoms. The second-order valence-corrected chi connectivity index (χ2v) is 6.72. The average molecular weight is 316 g/mol. The van der Waals surface area contributed by atoms with Crippen LogP contribution in [0.2, 0.25) is 0 Å². The molecule has 0 N–H and O–H groups in total. The van der Waals surface area contributed by atoms with E-state index in [9.17, 15) is 14.4 Å². The number of hydrogen-bond donors (Lipinski definition) is 0. The highest BCUT2D eigenvalue weighted by atomic mass is 16.6. The van der Waals surface area contributed by atoms with Crippen LogP contribution in [0.4, 0.5) is 0 Å². The molecule has 0 aromatic carbocycles. The van der Waals surface area contributed by atoms with Gasteiger partial charge in [0.2, 0.25) is 0 Å². The summed E-state index contributed by atoms with van der Waals surface area (Å²) in [5.74, 6) is -2.15. The summed E-state index contributed by atoms with van der Waals surface area (Å²) in [6.45, 7) is 12.0. The van der Waals surface area contributed by atoms with Crippen LogP contribution in [0.15, 0.2) is 0 Å². The zero-order valence-corrected chi connectivity index (χ0v) is 14.6. The van der Waals surface area contributed by atoms with E-state index in [1.807, 2.05) is 0 Å². The second kappa shape index (κ2) is 8.76. The van der Waals surface area contributed by atoms with E-state index in [2.05, 4.69) is 0 Å². The summed E-state index contributed by atoms with van der Waals surface area (Å²) in [4.78, 5) is 34.8. The van der Waals surface area contributed by atoms with Crippen LogP contribution < -0.4 is 0 Å². The molecule has 128 valence electrons. The van der Waals surface area contributed by atoms with Gasteiger partial charge in [-0.3, -0.25) is 14.4 Å². The van der Waals surface area contributed by atoms with Crippen molar-refractivity contribution in [3.05, 3.63) is 0 Å². The van der Waals surface area contributed by atoms with Crippen LogP contribution in [-0.4, -0.2) is 36.2 Å². The molecule has 2 atom stereocenters. The Hall–Kier alpha value is -1.59. The average Bonchev–Trinajstić information content (AvgIpc) is 2.32. The van der Waals surface area contributed by atoms with Gasteiger partial charge in [0.05, 0.1) is 18.3 Å². The zero-order chi connectivity index (χ0) is 17.5. The molecule has 0 heterocycles. The van der Waals surface area contributed by atoms with Crippen LogP contribution >= 0.6 is 0 Å². The lowest BCUT2D eigenvalue weighted by Gasteiger charge is -2.21. The van der Waals surface area contributed by atoms with Gasteiger partial charge in [0.1, 0.15) is 18.3 Å². The predicted octanol–water partition coefficient (Wildman–Crippen LogP) is 2.49. The maximum absolute atomic E-state index is 11.9. The minimum Gasteiger partial charge on any atom is -0.462 e. The lowest BCUT2D eigenvalue weighted by molar-refractivity contribution is -0.166. The molecule has 0 saturated heterocycles. The normalized spacial score (nSPS) is 14.2. The molecular formula is C16H28O6. The van der Waals surface area contributed by atoms with Gasteiger partial charge in [-0.15, -0.1) is 0 Å². The van der Waals surface area contributed by atoms with Crippen LogP contribution in [0.1, 0.15) is 54.9 Å². The van der Waals surface area contributed by atoms with E-state index in [-0.39, 0.29) is 24.9 Å². The summed E-state index contributed by atoms with van der Waals surface area (Å²) in [5.41, 5.74) is -0.584. The van der Waals surface area contributed by atoms with Crippen molar-refractivity contribution < 1.29 is 28.6 Å². The fourth-order valence-corrected chi connectivity index (χ4v) is 1.43. The van der Waals surface area contributed by atoms with E-state index in [1.165, 1.54) is 0 Å². The molecule has 0 saturated carbocycles. The molecule has 6 nitrogen and oxygen atoms in total. The van der Waals surface area contributed by atoms with Crippen molar-refractivity contribution in [1.82, 2.24) is 0 Å². The van der Waals surface area contributed by atoms with Crippen molar-refractivity contribution in [2.45, 2.75) is 66.6 Å². The van der Waals surface area contributed by atoms with Crippen molar-refractivity contribution in [3.63, 3.8) is 0 Å². The predicted molar refractivity (Wildman–Crippen MR) is 81.0 cm³/mol. The van der Waals surface area contributed by atoms with E-state index >= 15 is 0 Å². The van der Waals surface area contributed by atoms with Crippen LogP contribution in [0.5, 0.6) is 0 Å². The first-order chi connectivity index (χ1) is 9.92. The van der Waals surface area contributed by atoms with Crippen molar-refractivity contribution in [2.75, 3.05) is 6.61 Å². The van der Waals surface area contributed by atoms with Crippen LogP contribution in [0.25, 0.3) is 0 Å². The smallest absolute Gasteiger partial charge is 0.309 e. The zero-order valence-electron chi connectivity index (χ0n) is 14.6. The Balaban J connectivity index is 4.19. The van der Waals surface area contributed by atoms with Crippen LogP contribution in [0, 0.1) is 11.8 Å². The topological polar surface area (TPSA) is 78.9 Å². The number of ether oxygens (including phenoxy) is 3. The fourth-order valence-electron chi connectivity index (χ4n) is 1.43. The minimum absolute atomic E-state index is 0.00190. The summed E-state index contributed by atoms with van der Waals surface area (Å²) in [7, 11) is 0. The number of rotatable bonds is 7. The largest absolute Gasteiger partial charge is 0.462 e. The fraction of sp³-hybridized carbons (Fsp3) is 0.812. The highest BCUT2D eigenvalue weighted by Crippen LogP contribution is 2.13. The first kappa shape index (κ1) is 20.4. The van der Waals surface area contributed by atoms with Crippen molar-refractivity contribution >= 4 is 17.9 Å². The first-order valence-corrected chi connectivity index (χ1v) is 7.51. The van der Waals surface area contributed by atoms with E-state index < -0.39 is 29.6 Å². The Morgan fingerprint density at radius 2 is 1.50 bits per heavy atom. The third kappa shape index (κ3) is 9.37. The molecule has 0 amide bonds. The van der Waals surface area contributed by atoms with E-state index in [4.69, 9.17) is 14.2 Å². The molecule has 0 unspecified atom stereocenters. The van der Waals surface area contributed by atoms with Gasteiger partial charge in [-0.2, -0.15) is 0 Å². The van der Waals surface area contributed by atoms with Gasteiger partial charge >= 0.3 is 17.9 Å². The lowest BCUT2D eigenvalue weighted by atomic mass is 10.1. The molecule has 0 radical (unpaired) electrons. The Morgan fingerprint density at radius 3 is 1.95 bits per heavy atom. The van der Waals surface area contributed by atoms with Crippen molar-refractivity contribution in [3.8, 4) is 0 Å². The number of hydrogen-bond acceptors (Lipinski definition) is 6. The molecule has 0 spiro atoms. The van der Waals surface area contributed by atoms with Gasteiger partial charge in [0, 0.05) is 0 Å². The van der Waals surface area contributed by atoms with Gasteiger partial charge < -0.3 is 14.2 Å². The van der Waals surface area contributed by atoms with Gasteiger partial charge in [-0.25, -0.2) is 0 Å². The highest BCUT2D eigenvalue weighted by Gasteiger charge is 2.24. The van der Waals surface area contributed by atoms with Crippen molar-refractivity contribution in [1.29, 1.82) is 0 Å². The maximum atomic E-state index is 11.9. The van der Waals surface area contributed by atoms with Gasteiger partial charge in [0.25, 0.3) is 0 Å². The van der Waals surface area contributed by atoms with Crippen LogP contribution in [-0.2, 0) is 28.6 Å². The molecule has 0 aromatic rings. The van der Waals surface area contributed by atoms with Crippen molar-refractivity contribution in [2.24, 2.45) is 11.8 Å². The molecule has 0 fully saturated rings. The summed E-state index contributed by atoms with van der Waals surface area (Å²) in [5, 5.41) is 0. The molecule has 0 rings (SSSR count). The standard InChI is InChI=1S/C16H28O6/c1-10(2)14(18)20-9-12(4)21-15(19)11(3)8-13(17)22-16(5,6)7/h10-12H,8-9H2,1-7H3/t11-,12+/m1/s1. The van der Waals surface area contributed by atoms with Gasteiger partial charge in [0.15, 0.2) is 0 Å². The summed E-state index contributed by atoms with van der Waals surface area (Å²) in [6, 6.07) is 0. The van der Waals surface area contributed by atoms with E-state index in [0.717, 1.165) is 0 Å². The Morgan fingerprint density at radius 1 is 0.955 bits per heavy atom. The number of carbonyl (C=O) groups excluding carboxylic acids is 3. The highest BCUT2D eigenvalue weighted by molar-refractivity contribution is 5.80. The Labute approximate surface area is 132 Å². The maximum Gasteiger partial charge on any atom is 0.309 e. The van der Waals surface area contributed by atoms with E-state index in [0.29, 0.717) is 0 Å². The first-order valence-electron chi connectivity index (χ1n) is 7.51. The molecule has 0 aliphatic rings. The third-order valence-electron chi connectivity index (χ3n) is 2.54. The number of esters is 3. The summed E-state index contributed by atoms with van der Waals surface area (Å²) < 4.78 is 15.3. The molecular weight excluding hydrogens is 288 g/mol. The SMILES string of the molecule is CC(C)C(=O)OC[C@H](C)OC(=O)[C@H](C)CC(=O)OC(C)(C)C. The van der Waals surface area contributed by atoms with E-state index in [1.54, 1.807) is 48.5 Å². The second-order valence-electron chi connectivity index (χ2n) is 6.72. The third-order valence-corrected chi connectivity index (χ3v) is 2.54. The minimum atomic E-state index is -0.613. The Kier molecular flexibility index (Phi) is 8.12.